The third-order valence-corrected chi connectivity index (χ3v) is 6.17. The van der Waals surface area contributed by atoms with Crippen molar-refractivity contribution in [2.75, 3.05) is 39.6 Å². The predicted octanol–water partition coefficient (Wildman–Crippen LogP) is 4.04. The first kappa shape index (κ1) is 25.5. The van der Waals surface area contributed by atoms with Gasteiger partial charge in [-0.1, -0.05) is 32.0 Å². The molecular formula is C23H31N3O5S. The van der Waals surface area contributed by atoms with E-state index in [1.807, 2.05) is 24.3 Å². The van der Waals surface area contributed by atoms with E-state index in [9.17, 15) is 14.9 Å². The molecule has 1 unspecified atom stereocenters. The fourth-order valence-corrected chi connectivity index (χ4v) is 4.27. The Hall–Kier alpha value is -2.78. The highest BCUT2D eigenvalue weighted by molar-refractivity contribution is 7.99. The van der Waals surface area contributed by atoms with Crippen LogP contribution in [0, 0.1) is 10.1 Å². The minimum absolute atomic E-state index is 0.0401. The van der Waals surface area contributed by atoms with Crippen LogP contribution in [-0.4, -0.2) is 55.3 Å². The quantitative estimate of drug-likeness (QED) is 0.355. The molecular weight excluding hydrogens is 430 g/mol. The molecule has 2 rings (SSSR count). The normalized spacial score (nSPS) is 11.8. The number of nitrogens with zero attached hydrogens (tertiary/aromatic N) is 2. The molecule has 0 spiro atoms. The zero-order chi connectivity index (χ0) is 23.5. The summed E-state index contributed by atoms with van der Waals surface area (Å²) in [5.41, 5.74) is 1.79. The summed E-state index contributed by atoms with van der Waals surface area (Å²) in [7, 11) is 3.04. The molecule has 1 atom stereocenters. The summed E-state index contributed by atoms with van der Waals surface area (Å²) in [6, 6.07) is 12.8. The van der Waals surface area contributed by atoms with Crippen molar-refractivity contribution in [3.63, 3.8) is 0 Å². The molecule has 2 aromatic carbocycles. The monoisotopic (exact) mass is 461 g/mol. The summed E-state index contributed by atoms with van der Waals surface area (Å²) in [6.07, 6.45) is 0. The number of carbonyl (C=O) groups excluding carboxylic acids is 1. The summed E-state index contributed by atoms with van der Waals surface area (Å²) in [5, 5.41) is 14.2. The van der Waals surface area contributed by atoms with Gasteiger partial charge in [0.15, 0.2) is 5.75 Å². The van der Waals surface area contributed by atoms with Crippen LogP contribution in [0.15, 0.2) is 42.5 Å². The SMILES string of the molecule is CCN(CC)C(CNC(=O)CSCc1ccc(OC)c([N+](=O)[O-])c1)c1cccc(OC)c1. The third-order valence-electron chi connectivity index (χ3n) is 5.17. The number of rotatable bonds is 13. The highest BCUT2D eigenvalue weighted by Crippen LogP contribution is 2.29. The summed E-state index contributed by atoms with van der Waals surface area (Å²) >= 11 is 1.41. The Morgan fingerprint density at radius 2 is 1.91 bits per heavy atom. The predicted molar refractivity (Wildman–Crippen MR) is 127 cm³/mol. The molecule has 2 aromatic rings. The maximum Gasteiger partial charge on any atom is 0.311 e. The van der Waals surface area contributed by atoms with Crippen LogP contribution < -0.4 is 14.8 Å². The number of hydrogen-bond donors (Lipinski definition) is 1. The second-order valence-corrected chi connectivity index (χ2v) is 8.06. The van der Waals surface area contributed by atoms with Crippen molar-refractivity contribution in [1.82, 2.24) is 10.2 Å². The maximum absolute atomic E-state index is 12.5. The van der Waals surface area contributed by atoms with Crippen LogP contribution in [-0.2, 0) is 10.5 Å². The van der Waals surface area contributed by atoms with E-state index in [2.05, 4.69) is 24.1 Å². The molecule has 9 heteroatoms. The van der Waals surface area contributed by atoms with Crippen LogP contribution in [0.3, 0.4) is 0 Å². The lowest BCUT2D eigenvalue weighted by Crippen LogP contribution is -2.38. The van der Waals surface area contributed by atoms with Gasteiger partial charge in [0, 0.05) is 18.4 Å². The third kappa shape index (κ3) is 7.13. The number of thioether (sulfide) groups is 1. The number of likely N-dealkylation sites (N-methyl/N-ethyl adjacent to an activating group) is 1. The number of ether oxygens (including phenoxy) is 2. The van der Waals surface area contributed by atoms with Gasteiger partial charge in [-0.2, -0.15) is 0 Å². The molecule has 8 nitrogen and oxygen atoms in total. The molecule has 0 bridgehead atoms. The molecule has 0 saturated heterocycles. The van der Waals surface area contributed by atoms with Crippen LogP contribution >= 0.6 is 11.8 Å². The van der Waals surface area contributed by atoms with E-state index in [4.69, 9.17) is 9.47 Å². The second kappa shape index (κ2) is 12.9. The Kier molecular flexibility index (Phi) is 10.3. The fraction of sp³-hybridized carbons (Fsp3) is 0.435. The first-order valence-electron chi connectivity index (χ1n) is 10.5. The van der Waals surface area contributed by atoms with Crippen molar-refractivity contribution in [3.8, 4) is 11.5 Å². The van der Waals surface area contributed by atoms with Gasteiger partial charge in [0.25, 0.3) is 0 Å². The van der Waals surface area contributed by atoms with Gasteiger partial charge in [-0.25, -0.2) is 0 Å². The number of carbonyl (C=O) groups is 1. The lowest BCUT2D eigenvalue weighted by atomic mass is 10.0. The van der Waals surface area contributed by atoms with Crippen molar-refractivity contribution in [2.45, 2.75) is 25.6 Å². The molecule has 0 radical (unpaired) electrons. The molecule has 1 N–H and O–H groups in total. The Labute approximate surface area is 193 Å². The van der Waals surface area contributed by atoms with E-state index < -0.39 is 4.92 Å². The Balaban J connectivity index is 1.94. The maximum atomic E-state index is 12.5. The number of nitro groups is 1. The minimum atomic E-state index is -0.467. The van der Waals surface area contributed by atoms with Gasteiger partial charge in [0.2, 0.25) is 5.91 Å². The minimum Gasteiger partial charge on any atom is -0.497 e. The van der Waals surface area contributed by atoms with Crippen molar-refractivity contribution in [1.29, 1.82) is 0 Å². The van der Waals surface area contributed by atoms with E-state index >= 15 is 0 Å². The van der Waals surface area contributed by atoms with Crippen molar-refractivity contribution < 1.29 is 19.2 Å². The van der Waals surface area contributed by atoms with Crippen LogP contribution in [0.25, 0.3) is 0 Å². The lowest BCUT2D eigenvalue weighted by Gasteiger charge is -2.30. The van der Waals surface area contributed by atoms with E-state index in [0.29, 0.717) is 12.3 Å². The molecule has 0 aliphatic heterocycles. The van der Waals surface area contributed by atoms with Crippen molar-refractivity contribution in [3.05, 3.63) is 63.7 Å². The summed E-state index contributed by atoms with van der Waals surface area (Å²) in [6.45, 7) is 6.41. The molecule has 0 heterocycles. The zero-order valence-electron chi connectivity index (χ0n) is 19.0. The number of methoxy groups -OCH3 is 2. The molecule has 0 aromatic heterocycles. The van der Waals surface area contributed by atoms with E-state index in [1.165, 1.54) is 24.9 Å². The van der Waals surface area contributed by atoms with Gasteiger partial charge in [-0.15, -0.1) is 11.8 Å². The van der Waals surface area contributed by atoms with Crippen molar-refractivity contribution >= 4 is 23.4 Å². The fourth-order valence-electron chi connectivity index (χ4n) is 3.46. The summed E-state index contributed by atoms with van der Waals surface area (Å²) in [4.78, 5) is 25.5. The van der Waals surface area contributed by atoms with E-state index in [-0.39, 0.29) is 29.1 Å². The first-order valence-corrected chi connectivity index (χ1v) is 11.6. The summed E-state index contributed by atoms with van der Waals surface area (Å²) < 4.78 is 10.4. The molecule has 0 aliphatic carbocycles. The van der Waals surface area contributed by atoms with Crippen LogP contribution in [0.4, 0.5) is 5.69 Å². The molecule has 0 aliphatic rings. The number of amides is 1. The molecule has 0 saturated carbocycles. The second-order valence-electron chi connectivity index (χ2n) is 7.07. The average Bonchev–Trinajstić information content (AvgIpc) is 2.81. The highest BCUT2D eigenvalue weighted by atomic mass is 32.2. The van der Waals surface area contributed by atoms with Gasteiger partial charge in [-0.05, 0) is 42.4 Å². The van der Waals surface area contributed by atoms with Gasteiger partial charge >= 0.3 is 5.69 Å². The topological polar surface area (TPSA) is 93.9 Å². The van der Waals surface area contributed by atoms with Gasteiger partial charge < -0.3 is 14.8 Å². The highest BCUT2D eigenvalue weighted by Gasteiger charge is 2.20. The Bertz CT molecular complexity index is 905. The average molecular weight is 462 g/mol. The molecule has 0 fully saturated rings. The van der Waals surface area contributed by atoms with Gasteiger partial charge in [-0.3, -0.25) is 19.8 Å². The number of nitrogens with one attached hydrogen (secondary N) is 1. The standard InChI is InChI=1S/C23H31N3O5S/c1-5-25(6-2)21(18-8-7-9-19(13-18)30-3)14-24-23(27)16-32-15-17-10-11-22(31-4)20(12-17)26(28)29/h7-13,21H,5-6,14-16H2,1-4H3,(H,24,27). The van der Waals surface area contributed by atoms with E-state index in [0.717, 1.165) is 30.0 Å². The summed E-state index contributed by atoms with van der Waals surface area (Å²) in [5.74, 6) is 1.70. The van der Waals surface area contributed by atoms with Crippen LogP contribution in [0.2, 0.25) is 0 Å². The zero-order valence-corrected chi connectivity index (χ0v) is 19.8. The smallest absolute Gasteiger partial charge is 0.311 e. The first-order chi connectivity index (χ1) is 15.4. The van der Waals surface area contributed by atoms with Gasteiger partial charge in [0.1, 0.15) is 5.75 Å². The molecule has 174 valence electrons. The number of nitro benzene ring substituents is 1. The van der Waals surface area contributed by atoms with Crippen molar-refractivity contribution in [2.24, 2.45) is 0 Å². The Morgan fingerprint density at radius 1 is 1.16 bits per heavy atom. The van der Waals surface area contributed by atoms with Crippen LogP contribution in [0.1, 0.15) is 31.0 Å². The number of benzene rings is 2. The lowest BCUT2D eigenvalue weighted by molar-refractivity contribution is -0.385. The number of hydrogen-bond acceptors (Lipinski definition) is 7. The van der Waals surface area contributed by atoms with Gasteiger partial charge in [0.05, 0.1) is 30.9 Å². The van der Waals surface area contributed by atoms with Crippen LogP contribution in [0.5, 0.6) is 11.5 Å². The molecule has 32 heavy (non-hydrogen) atoms. The largest absolute Gasteiger partial charge is 0.497 e. The Morgan fingerprint density at radius 3 is 2.53 bits per heavy atom. The molecule has 1 amide bonds. The van der Waals surface area contributed by atoms with E-state index in [1.54, 1.807) is 19.2 Å².